The van der Waals surface area contributed by atoms with Crippen molar-refractivity contribution in [2.75, 3.05) is 62.7 Å². The van der Waals surface area contributed by atoms with Crippen LogP contribution in [-0.4, -0.2) is 81.1 Å². The molecule has 11 heteroatoms. The first-order chi connectivity index (χ1) is 14.9. The number of morpholine rings is 1. The Bertz CT molecular complexity index is 1020. The number of aromatic nitrogens is 1. The van der Waals surface area contributed by atoms with Gasteiger partial charge in [-0.05, 0) is 30.3 Å². The molecule has 2 saturated heterocycles. The van der Waals surface area contributed by atoms with E-state index in [9.17, 15) is 13.2 Å². The van der Waals surface area contributed by atoms with Crippen LogP contribution in [0.1, 0.15) is 0 Å². The molecule has 0 spiro atoms. The summed E-state index contributed by atoms with van der Waals surface area (Å²) in [5.41, 5.74) is 0.652. The molecule has 0 saturated carbocycles. The number of hydrogen-bond acceptors (Lipinski definition) is 6. The van der Waals surface area contributed by atoms with Crippen LogP contribution in [0.2, 0.25) is 5.02 Å². The van der Waals surface area contributed by atoms with Crippen molar-refractivity contribution in [1.29, 1.82) is 0 Å². The Kier molecular flexibility index (Phi) is 6.61. The smallest absolute Gasteiger partial charge is 0.321 e. The van der Waals surface area contributed by atoms with Crippen molar-refractivity contribution >= 4 is 39.2 Å². The quantitative estimate of drug-likeness (QED) is 0.743. The maximum Gasteiger partial charge on any atom is 0.321 e. The van der Waals surface area contributed by atoms with E-state index < -0.39 is 10.0 Å². The SMILES string of the molecule is O=C(Nc1cccc(Cl)c1)N1CCN(c2ccc(S(=O)(=O)N3CCOCC3)cn2)CC1. The van der Waals surface area contributed by atoms with E-state index in [2.05, 4.69) is 10.3 Å². The highest BCUT2D eigenvalue weighted by Crippen LogP contribution is 2.21. The number of urea groups is 1. The molecule has 0 unspecified atom stereocenters. The number of rotatable bonds is 4. The van der Waals surface area contributed by atoms with E-state index >= 15 is 0 Å². The van der Waals surface area contributed by atoms with E-state index in [-0.39, 0.29) is 10.9 Å². The predicted molar refractivity (Wildman–Crippen MR) is 118 cm³/mol. The summed E-state index contributed by atoms with van der Waals surface area (Å²) >= 11 is 5.96. The number of ether oxygens (including phenoxy) is 1. The van der Waals surface area contributed by atoms with Crippen LogP contribution in [-0.2, 0) is 14.8 Å². The zero-order valence-corrected chi connectivity index (χ0v) is 18.5. The summed E-state index contributed by atoms with van der Waals surface area (Å²) in [5.74, 6) is 0.691. The van der Waals surface area contributed by atoms with Crippen molar-refractivity contribution in [1.82, 2.24) is 14.2 Å². The molecule has 4 rings (SSSR count). The number of nitrogens with zero attached hydrogens (tertiary/aromatic N) is 4. The largest absolute Gasteiger partial charge is 0.379 e. The maximum atomic E-state index is 12.7. The van der Waals surface area contributed by atoms with Crippen LogP contribution in [0.3, 0.4) is 0 Å². The fraction of sp³-hybridized carbons (Fsp3) is 0.400. The molecule has 3 heterocycles. The third-order valence-corrected chi connectivity index (χ3v) is 7.41. The van der Waals surface area contributed by atoms with Gasteiger partial charge in [-0.15, -0.1) is 0 Å². The molecule has 1 N–H and O–H groups in total. The van der Waals surface area contributed by atoms with E-state index in [1.54, 1.807) is 41.3 Å². The second-order valence-electron chi connectivity index (χ2n) is 7.28. The van der Waals surface area contributed by atoms with E-state index in [4.69, 9.17) is 16.3 Å². The summed E-state index contributed by atoms with van der Waals surface area (Å²) in [6, 6.07) is 10.1. The monoisotopic (exact) mass is 465 g/mol. The Morgan fingerprint density at radius 2 is 1.77 bits per heavy atom. The van der Waals surface area contributed by atoms with E-state index in [1.165, 1.54) is 10.5 Å². The minimum absolute atomic E-state index is 0.178. The van der Waals surface area contributed by atoms with Gasteiger partial charge in [0.15, 0.2) is 0 Å². The normalized spacial score (nSPS) is 18.1. The number of sulfonamides is 1. The number of piperazine rings is 1. The molecule has 2 aliphatic rings. The number of carbonyl (C=O) groups excluding carboxylic acids is 1. The van der Waals surface area contributed by atoms with Crippen LogP contribution >= 0.6 is 11.6 Å². The van der Waals surface area contributed by atoms with E-state index in [0.717, 1.165) is 0 Å². The highest BCUT2D eigenvalue weighted by molar-refractivity contribution is 7.89. The average Bonchev–Trinajstić information content (AvgIpc) is 2.80. The lowest BCUT2D eigenvalue weighted by atomic mass is 10.3. The number of anilines is 2. The molecular formula is C20H24ClN5O4S. The fourth-order valence-electron chi connectivity index (χ4n) is 3.56. The highest BCUT2D eigenvalue weighted by atomic mass is 35.5. The van der Waals surface area contributed by atoms with Crippen molar-refractivity contribution in [2.45, 2.75) is 4.90 Å². The van der Waals surface area contributed by atoms with Gasteiger partial charge in [0.2, 0.25) is 10.0 Å². The van der Waals surface area contributed by atoms with E-state index in [0.29, 0.717) is 69.0 Å². The molecule has 0 atom stereocenters. The number of nitrogens with one attached hydrogen (secondary N) is 1. The molecule has 31 heavy (non-hydrogen) atoms. The number of amides is 2. The second kappa shape index (κ2) is 9.39. The van der Waals surface area contributed by atoms with Gasteiger partial charge in [0, 0.05) is 56.2 Å². The first kappa shape index (κ1) is 21.8. The average molecular weight is 466 g/mol. The molecular weight excluding hydrogens is 442 g/mol. The van der Waals surface area contributed by atoms with Gasteiger partial charge in [-0.3, -0.25) is 0 Å². The number of halogens is 1. The standard InChI is InChI=1S/C20H24ClN5O4S/c21-16-2-1-3-17(14-16)23-20(27)25-8-6-24(7-9-25)19-5-4-18(15-22-19)31(28,29)26-10-12-30-13-11-26/h1-5,14-15H,6-13H2,(H,23,27). The van der Waals surface area contributed by atoms with Crippen molar-refractivity contribution < 1.29 is 17.9 Å². The molecule has 166 valence electrons. The molecule has 1 aromatic carbocycles. The summed E-state index contributed by atoms with van der Waals surface area (Å²) in [6.07, 6.45) is 1.40. The predicted octanol–water partition coefficient (Wildman–Crippen LogP) is 2.11. The van der Waals surface area contributed by atoms with Gasteiger partial charge in [0.1, 0.15) is 10.7 Å². The lowest BCUT2D eigenvalue weighted by Gasteiger charge is -2.35. The van der Waals surface area contributed by atoms with E-state index in [1.807, 2.05) is 4.90 Å². The Hall–Kier alpha value is -2.40. The zero-order valence-electron chi connectivity index (χ0n) is 16.9. The lowest BCUT2D eigenvalue weighted by molar-refractivity contribution is 0.0730. The first-order valence-electron chi connectivity index (χ1n) is 10.0. The molecule has 0 aliphatic carbocycles. The van der Waals surface area contributed by atoms with Crippen LogP contribution in [0.15, 0.2) is 47.5 Å². The van der Waals surface area contributed by atoms with Crippen LogP contribution in [0.25, 0.3) is 0 Å². The second-order valence-corrected chi connectivity index (χ2v) is 9.66. The maximum absolute atomic E-state index is 12.7. The highest BCUT2D eigenvalue weighted by Gasteiger charge is 2.27. The summed E-state index contributed by atoms with van der Waals surface area (Å²) in [5, 5.41) is 3.41. The van der Waals surface area contributed by atoms with Gasteiger partial charge in [-0.1, -0.05) is 17.7 Å². The van der Waals surface area contributed by atoms with Crippen LogP contribution in [0.5, 0.6) is 0 Å². The van der Waals surface area contributed by atoms with Crippen molar-refractivity contribution in [3.05, 3.63) is 47.6 Å². The lowest BCUT2D eigenvalue weighted by Crippen LogP contribution is -2.50. The first-order valence-corrected chi connectivity index (χ1v) is 11.9. The van der Waals surface area contributed by atoms with Crippen LogP contribution in [0.4, 0.5) is 16.3 Å². The summed E-state index contributed by atoms with van der Waals surface area (Å²) in [4.78, 5) is 20.8. The Morgan fingerprint density at radius 3 is 2.42 bits per heavy atom. The molecule has 2 aliphatic heterocycles. The molecule has 1 aromatic heterocycles. The van der Waals surface area contributed by atoms with Crippen LogP contribution < -0.4 is 10.2 Å². The Labute approximate surface area is 186 Å². The van der Waals surface area contributed by atoms with Crippen molar-refractivity contribution in [2.24, 2.45) is 0 Å². The summed E-state index contributed by atoms with van der Waals surface area (Å²) in [6.45, 7) is 3.77. The van der Waals surface area contributed by atoms with Gasteiger partial charge < -0.3 is 19.9 Å². The molecule has 2 aromatic rings. The number of carbonyl (C=O) groups is 1. The fourth-order valence-corrected chi connectivity index (χ4v) is 5.10. The molecule has 0 bridgehead atoms. The minimum atomic E-state index is -3.56. The minimum Gasteiger partial charge on any atom is -0.379 e. The van der Waals surface area contributed by atoms with Gasteiger partial charge in [0.05, 0.1) is 13.2 Å². The third kappa shape index (κ3) is 5.09. The molecule has 2 amide bonds. The van der Waals surface area contributed by atoms with Crippen molar-refractivity contribution in [3.8, 4) is 0 Å². The third-order valence-electron chi connectivity index (χ3n) is 5.30. The topological polar surface area (TPSA) is 95.1 Å². The number of hydrogen-bond donors (Lipinski definition) is 1. The zero-order chi connectivity index (χ0) is 21.8. The number of pyridine rings is 1. The Balaban J connectivity index is 1.34. The van der Waals surface area contributed by atoms with Crippen LogP contribution in [0, 0.1) is 0 Å². The Morgan fingerprint density at radius 1 is 1.03 bits per heavy atom. The van der Waals surface area contributed by atoms with Gasteiger partial charge >= 0.3 is 6.03 Å². The molecule has 2 fully saturated rings. The molecule has 9 nitrogen and oxygen atoms in total. The molecule has 0 radical (unpaired) electrons. The summed E-state index contributed by atoms with van der Waals surface area (Å²) in [7, 11) is -3.56. The van der Waals surface area contributed by atoms with Gasteiger partial charge in [0.25, 0.3) is 0 Å². The van der Waals surface area contributed by atoms with Gasteiger partial charge in [-0.2, -0.15) is 4.31 Å². The summed E-state index contributed by atoms with van der Waals surface area (Å²) < 4.78 is 32.1. The number of benzene rings is 1. The van der Waals surface area contributed by atoms with Crippen molar-refractivity contribution in [3.63, 3.8) is 0 Å². The van der Waals surface area contributed by atoms with Gasteiger partial charge in [-0.25, -0.2) is 18.2 Å².